The molecule has 0 aromatic heterocycles. The van der Waals surface area contributed by atoms with Crippen LogP contribution in [-0.4, -0.2) is 5.06 Å². The van der Waals surface area contributed by atoms with Crippen LogP contribution < -0.4 is 0 Å². The van der Waals surface area contributed by atoms with Crippen molar-refractivity contribution in [3.63, 3.8) is 0 Å². The van der Waals surface area contributed by atoms with Gasteiger partial charge in [-0.05, 0) is 30.5 Å². The summed E-state index contributed by atoms with van der Waals surface area (Å²) in [5.41, 5.74) is 2.56. The van der Waals surface area contributed by atoms with Gasteiger partial charge in [-0.15, -0.1) is 5.06 Å². The summed E-state index contributed by atoms with van der Waals surface area (Å²) in [5, 5.41) is 2.13. The Bertz CT molecular complexity index is 635. The number of benzene rings is 2. The van der Waals surface area contributed by atoms with E-state index in [1.54, 1.807) is 0 Å². The standard InChI is InChI=1S/C21H25NO/c1-3-4-15-20-16-21(19-13-9-6-10-14-19)22(23-20)17(2)18-11-7-5-8-12-18/h5-14,16-17,21H,3-4,15H2,1-2H3/t17-,21+/m0/s1. The van der Waals surface area contributed by atoms with Crippen molar-refractivity contribution in [1.29, 1.82) is 0 Å². The lowest BCUT2D eigenvalue weighted by Crippen LogP contribution is -2.26. The van der Waals surface area contributed by atoms with Gasteiger partial charge in [0.1, 0.15) is 5.76 Å². The highest BCUT2D eigenvalue weighted by Gasteiger charge is 2.32. The van der Waals surface area contributed by atoms with Gasteiger partial charge in [-0.3, -0.25) is 0 Å². The maximum absolute atomic E-state index is 6.24. The Kier molecular flexibility index (Phi) is 5.14. The van der Waals surface area contributed by atoms with Crippen molar-refractivity contribution in [2.75, 3.05) is 0 Å². The van der Waals surface area contributed by atoms with E-state index in [9.17, 15) is 0 Å². The molecular weight excluding hydrogens is 282 g/mol. The van der Waals surface area contributed by atoms with Gasteiger partial charge in [0.15, 0.2) is 0 Å². The van der Waals surface area contributed by atoms with Crippen molar-refractivity contribution in [3.8, 4) is 0 Å². The van der Waals surface area contributed by atoms with E-state index < -0.39 is 0 Å². The summed E-state index contributed by atoms with van der Waals surface area (Å²) in [6, 6.07) is 21.6. The van der Waals surface area contributed by atoms with Crippen molar-refractivity contribution in [2.45, 2.75) is 45.2 Å². The molecule has 0 spiro atoms. The van der Waals surface area contributed by atoms with Crippen molar-refractivity contribution in [2.24, 2.45) is 0 Å². The quantitative estimate of drug-likeness (QED) is 0.667. The zero-order chi connectivity index (χ0) is 16.1. The third-order valence-corrected chi connectivity index (χ3v) is 4.42. The van der Waals surface area contributed by atoms with Gasteiger partial charge < -0.3 is 4.84 Å². The van der Waals surface area contributed by atoms with Crippen LogP contribution in [0, 0.1) is 0 Å². The predicted molar refractivity (Wildman–Crippen MR) is 94.6 cm³/mol. The first-order valence-corrected chi connectivity index (χ1v) is 8.56. The van der Waals surface area contributed by atoms with E-state index in [2.05, 4.69) is 85.7 Å². The zero-order valence-corrected chi connectivity index (χ0v) is 14.0. The molecule has 0 fully saturated rings. The third-order valence-electron chi connectivity index (χ3n) is 4.42. The minimum Gasteiger partial charge on any atom is -0.409 e. The lowest BCUT2D eigenvalue weighted by Gasteiger charge is -2.29. The molecule has 0 bridgehead atoms. The van der Waals surface area contributed by atoms with Crippen LogP contribution in [0.15, 0.2) is 72.5 Å². The summed E-state index contributed by atoms with van der Waals surface area (Å²) in [7, 11) is 0. The summed E-state index contributed by atoms with van der Waals surface area (Å²) in [5.74, 6) is 1.10. The van der Waals surface area contributed by atoms with E-state index in [0.717, 1.165) is 12.2 Å². The first kappa shape index (κ1) is 15.8. The van der Waals surface area contributed by atoms with E-state index >= 15 is 0 Å². The summed E-state index contributed by atoms with van der Waals surface area (Å²) >= 11 is 0. The largest absolute Gasteiger partial charge is 0.409 e. The van der Waals surface area contributed by atoms with Crippen LogP contribution in [0.25, 0.3) is 0 Å². The van der Waals surface area contributed by atoms with Gasteiger partial charge in [-0.25, -0.2) is 0 Å². The average molecular weight is 307 g/mol. The second-order valence-electron chi connectivity index (χ2n) is 6.13. The molecule has 0 N–H and O–H groups in total. The van der Waals surface area contributed by atoms with Crippen molar-refractivity contribution in [3.05, 3.63) is 83.6 Å². The Hall–Kier alpha value is -2.06. The second-order valence-corrected chi connectivity index (χ2v) is 6.13. The molecule has 1 heterocycles. The molecule has 3 rings (SSSR count). The summed E-state index contributed by atoms with van der Waals surface area (Å²) in [4.78, 5) is 6.24. The third kappa shape index (κ3) is 3.65. The SMILES string of the molecule is CCCCC1=C[C@H](c2ccccc2)N([C@@H](C)c2ccccc2)O1. The number of nitrogens with zero attached hydrogens (tertiary/aromatic N) is 1. The number of hydrogen-bond acceptors (Lipinski definition) is 2. The summed E-state index contributed by atoms with van der Waals surface area (Å²) in [6.07, 6.45) is 5.65. The van der Waals surface area contributed by atoms with Gasteiger partial charge in [0, 0.05) is 6.42 Å². The first-order chi connectivity index (χ1) is 11.3. The molecule has 120 valence electrons. The fourth-order valence-electron chi connectivity index (χ4n) is 3.04. The lowest BCUT2D eigenvalue weighted by atomic mass is 10.0. The van der Waals surface area contributed by atoms with Gasteiger partial charge in [0.2, 0.25) is 0 Å². The van der Waals surface area contributed by atoms with Crippen LogP contribution in [0.2, 0.25) is 0 Å². The van der Waals surface area contributed by atoms with Crippen molar-refractivity contribution >= 4 is 0 Å². The van der Waals surface area contributed by atoms with E-state index in [1.165, 1.54) is 24.0 Å². The van der Waals surface area contributed by atoms with E-state index in [1.807, 2.05) is 0 Å². The molecule has 2 heteroatoms. The number of hydrogen-bond donors (Lipinski definition) is 0. The Morgan fingerprint density at radius 2 is 1.65 bits per heavy atom. The van der Waals surface area contributed by atoms with Gasteiger partial charge in [-0.1, -0.05) is 74.0 Å². The molecule has 2 atom stereocenters. The Labute approximate surface area is 139 Å². The molecule has 0 saturated heterocycles. The Morgan fingerprint density at radius 1 is 1.00 bits per heavy atom. The van der Waals surface area contributed by atoms with Crippen LogP contribution in [0.5, 0.6) is 0 Å². The number of hydroxylamine groups is 2. The first-order valence-electron chi connectivity index (χ1n) is 8.56. The molecule has 1 aliphatic rings. The topological polar surface area (TPSA) is 12.5 Å². The fourth-order valence-corrected chi connectivity index (χ4v) is 3.04. The van der Waals surface area contributed by atoms with E-state index in [0.29, 0.717) is 0 Å². The van der Waals surface area contributed by atoms with Crippen LogP contribution in [-0.2, 0) is 4.84 Å². The molecule has 1 aliphatic heterocycles. The van der Waals surface area contributed by atoms with Gasteiger partial charge in [-0.2, -0.15) is 0 Å². The van der Waals surface area contributed by atoms with E-state index in [4.69, 9.17) is 4.84 Å². The van der Waals surface area contributed by atoms with Crippen molar-refractivity contribution < 1.29 is 4.84 Å². The lowest BCUT2D eigenvalue weighted by molar-refractivity contribution is -0.151. The maximum Gasteiger partial charge on any atom is 0.122 e. The Balaban J connectivity index is 1.86. The molecule has 2 nitrogen and oxygen atoms in total. The number of rotatable bonds is 6. The highest BCUT2D eigenvalue weighted by molar-refractivity contribution is 5.27. The normalized spacial score (nSPS) is 19.2. The highest BCUT2D eigenvalue weighted by atomic mass is 16.7. The number of unbranched alkanes of at least 4 members (excludes halogenated alkanes) is 1. The van der Waals surface area contributed by atoms with Gasteiger partial charge >= 0.3 is 0 Å². The minimum absolute atomic E-state index is 0.179. The molecule has 2 aromatic carbocycles. The van der Waals surface area contributed by atoms with Crippen LogP contribution >= 0.6 is 0 Å². The molecule has 0 radical (unpaired) electrons. The number of allylic oxidation sites excluding steroid dienone is 1. The maximum atomic E-state index is 6.24. The molecule has 23 heavy (non-hydrogen) atoms. The van der Waals surface area contributed by atoms with E-state index in [-0.39, 0.29) is 12.1 Å². The smallest absolute Gasteiger partial charge is 0.122 e. The summed E-state index contributed by atoms with van der Waals surface area (Å²) in [6.45, 7) is 4.43. The molecule has 0 aliphatic carbocycles. The molecule has 0 amide bonds. The summed E-state index contributed by atoms with van der Waals surface area (Å²) < 4.78 is 0. The fraction of sp³-hybridized carbons (Fsp3) is 0.333. The monoisotopic (exact) mass is 307 g/mol. The van der Waals surface area contributed by atoms with Crippen LogP contribution in [0.1, 0.15) is 56.3 Å². The second kappa shape index (κ2) is 7.47. The highest BCUT2D eigenvalue weighted by Crippen LogP contribution is 2.39. The average Bonchev–Trinajstić information content (AvgIpc) is 3.05. The van der Waals surface area contributed by atoms with Gasteiger partial charge in [0.25, 0.3) is 0 Å². The molecule has 2 aromatic rings. The van der Waals surface area contributed by atoms with Crippen LogP contribution in [0.3, 0.4) is 0 Å². The van der Waals surface area contributed by atoms with Crippen molar-refractivity contribution in [1.82, 2.24) is 5.06 Å². The Morgan fingerprint density at radius 3 is 2.30 bits per heavy atom. The predicted octanol–water partition coefficient (Wildman–Crippen LogP) is 5.81. The van der Waals surface area contributed by atoms with Gasteiger partial charge in [0.05, 0.1) is 12.1 Å². The minimum atomic E-state index is 0.179. The molecule has 0 saturated carbocycles. The zero-order valence-electron chi connectivity index (χ0n) is 14.0. The van der Waals surface area contributed by atoms with Crippen LogP contribution in [0.4, 0.5) is 0 Å². The molecular formula is C21H25NO. The molecule has 0 unspecified atom stereocenters.